The van der Waals surface area contributed by atoms with E-state index in [-0.39, 0.29) is 24.5 Å². The average Bonchev–Trinajstić information content (AvgIpc) is 3.25. The maximum absolute atomic E-state index is 12.9. The summed E-state index contributed by atoms with van der Waals surface area (Å²) in [5.74, 6) is 0.557. The quantitative estimate of drug-likeness (QED) is 0.179. The number of aliphatic hydroxyl groups is 2. The number of allylic oxidation sites excluding steroid dienone is 1. The molecule has 4 aromatic rings. The molecule has 7 heteroatoms. The summed E-state index contributed by atoms with van der Waals surface area (Å²) in [6.07, 6.45) is 1.68. The van der Waals surface area contributed by atoms with Gasteiger partial charge in [0.2, 0.25) is 0 Å². The molecule has 0 radical (unpaired) electrons. The summed E-state index contributed by atoms with van der Waals surface area (Å²) in [6, 6.07) is 30.1. The van der Waals surface area contributed by atoms with Crippen LogP contribution in [0.5, 0.6) is 11.5 Å². The molecule has 0 aromatic heterocycles. The fourth-order valence-corrected chi connectivity index (χ4v) is 7.22. The van der Waals surface area contributed by atoms with Gasteiger partial charge in [-0.1, -0.05) is 84.9 Å². The van der Waals surface area contributed by atoms with Crippen LogP contribution in [-0.2, 0) is 9.84 Å². The first-order valence-electron chi connectivity index (χ1n) is 13.2. The summed E-state index contributed by atoms with van der Waals surface area (Å²) in [7, 11) is -3.65. The van der Waals surface area contributed by atoms with Gasteiger partial charge in [0.25, 0.3) is 0 Å². The van der Waals surface area contributed by atoms with Gasteiger partial charge in [-0.15, -0.1) is 0 Å². The van der Waals surface area contributed by atoms with Gasteiger partial charge in [0.05, 0.1) is 18.5 Å². The number of para-hydroxylation sites is 1. The van der Waals surface area contributed by atoms with Crippen molar-refractivity contribution in [2.24, 2.45) is 0 Å². The van der Waals surface area contributed by atoms with E-state index in [0.717, 1.165) is 27.5 Å². The monoisotopic (exact) mass is 556 g/mol. The Labute approximate surface area is 234 Å². The number of aliphatic hydroxyl groups excluding tert-OH is 2. The van der Waals surface area contributed by atoms with E-state index in [1.54, 1.807) is 18.2 Å². The number of phenols is 1. The van der Waals surface area contributed by atoms with Gasteiger partial charge in [0.1, 0.15) is 23.4 Å². The minimum Gasteiger partial charge on any atom is -0.507 e. The summed E-state index contributed by atoms with van der Waals surface area (Å²) < 4.78 is 31.6. The molecule has 0 amide bonds. The molecule has 0 unspecified atom stereocenters. The van der Waals surface area contributed by atoms with Crippen LogP contribution in [0.3, 0.4) is 0 Å². The highest BCUT2D eigenvalue weighted by Crippen LogP contribution is 2.35. The summed E-state index contributed by atoms with van der Waals surface area (Å²) in [6.45, 7) is -0.572. The molecule has 3 N–H and O–H groups in total. The van der Waals surface area contributed by atoms with Gasteiger partial charge < -0.3 is 20.1 Å². The minimum absolute atomic E-state index is 0.0208. The molecule has 0 spiro atoms. The number of benzene rings is 4. The van der Waals surface area contributed by atoms with Crippen LogP contribution in [0, 0.1) is 0 Å². The van der Waals surface area contributed by atoms with Crippen molar-refractivity contribution in [3.63, 3.8) is 0 Å². The number of phenolic OH excluding ortho intramolecular Hbond substituents is 1. The number of aromatic hydroxyl groups is 1. The van der Waals surface area contributed by atoms with Gasteiger partial charge in [0, 0.05) is 5.39 Å². The van der Waals surface area contributed by atoms with E-state index in [4.69, 9.17) is 4.74 Å². The highest BCUT2D eigenvalue weighted by atomic mass is 32.2. The Morgan fingerprint density at radius 3 is 2.25 bits per heavy atom. The molecule has 0 saturated heterocycles. The van der Waals surface area contributed by atoms with Crippen LogP contribution in [0.4, 0.5) is 0 Å². The normalized spacial score (nSPS) is 17.8. The fourth-order valence-electron chi connectivity index (χ4n) is 5.34. The number of sulfone groups is 1. The lowest BCUT2D eigenvalue weighted by Gasteiger charge is -2.20. The van der Waals surface area contributed by atoms with E-state index in [1.807, 2.05) is 84.9 Å². The Bertz CT molecular complexity index is 1640. The molecule has 206 valence electrons. The molecule has 6 nitrogen and oxygen atoms in total. The standard InChI is InChI=1S/C33H32O6S/c34-20-32-33(26(22-40(32,37)38)21-39-27-11-5-2-6-12-27)31(36)18-15-24(23-9-3-1-4-10-23)19-25-16-17-30(35)29-14-8-7-13-28(25)29/h1-14,16-17,19,31-32,34-36H,15,18,20-22H2/b24-19-/t31-,32+/m1/s1. The van der Waals surface area contributed by atoms with E-state index in [9.17, 15) is 23.7 Å². The first-order valence-corrected chi connectivity index (χ1v) is 15.0. The summed E-state index contributed by atoms with van der Waals surface area (Å²) in [5, 5.41) is 32.2. The number of ether oxygens (including phenoxy) is 1. The van der Waals surface area contributed by atoms with E-state index in [1.165, 1.54) is 0 Å². The molecular weight excluding hydrogens is 524 g/mol. The van der Waals surface area contributed by atoms with Gasteiger partial charge in [0.15, 0.2) is 9.84 Å². The Hall–Kier alpha value is -3.91. The second kappa shape index (κ2) is 12.1. The maximum Gasteiger partial charge on any atom is 0.163 e. The Morgan fingerprint density at radius 2 is 1.55 bits per heavy atom. The van der Waals surface area contributed by atoms with Crippen LogP contribution in [0.1, 0.15) is 24.0 Å². The number of fused-ring (bicyclic) bond motifs is 1. The average molecular weight is 557 g/mol. The Kier molecular flexibility index (Phi) is 8.35. The fraction of sp³-hybridized carbons (Fsp3) is 0.212. The van der Waals surface area contributed by atoms with Crippen LogP contribution in [0.15, 0.2) is 108 Å². The molecule has 1 aliphatic heterocycles. The lowest BCUT2D eigenvalue weighted by Crippen LogP contribution is -2.29. The maximum atomic E-state index is 12.9. The van der Waals surface area contributed by atoms with Crippen LogP contribution in [-0.4, -0.2) is 54.1 Å². The van der Waals surface area contributed by atoms with Crippen molar-refractivity contribution in [3.05, 3.63) is 119 Å². The SMILES string of the molecule is O=S1(=O)CC(COc2ccccc2)=C([C@H](O)CC/C(=C/c2ccc(O)c3ccccc23)c2ccccc2)[C@@H]1CO. The number of hydrogen-bond acceptors (Lipinski definition) is 6. The lowest BCUT2D eigenvalue weighted by atomic mass is 9.91. The predicted molar refractivity (Wildman–Crippen MR) is 159 cm³/mol. The third-order valence-electron chi connectivity index (χ3n) is 7.34. The zero-order chi connectivity index (χ0) is 28.1. The van der Waals surface area contributed by atoms with Crippen LogP contribution < -0.4 is 4.74 Å². The first-order chi connectivity index (χ1) is 19.4. The third-order valence-corrected chi connectivity index (χ3v) is 9.36. The smallest absolute Gasteiger partial charge is 0.163 e. The van der Waals surface area contributed by atoms with Crippen LogP contribution in [0.25, 0.3) is 22.4 Å². The van der Waals surface area contributed by atoms with E-state index < -0.39 is 27.8 Å². The number of rotatable bonds is 10. The second-order valence-electron chi connectivity index (χ2n) is 9.95. The summed E-state index contributed by atoms with van der Waals surface area (Å²) >= 11 is 0. The minimum atomic E-state index is -3.65. The molecule has 1 heterocycles. The molecule has 0 aliphatic carbocycles. The molecule has 5 rings (SSSR count). The highest BCUT2D eigenvalue weighted by molar-refractivity contribution is 7.92. The zero-order valence-electron chi connectivity index (χ0n) is 22.0. The second-order valence-corrected chi connectivity index (χ2v) is 12.1. The van der Waals surface area contributed by atoms with E-state index in [0.29, 0.717) is 23.3 Å². The molecule has 2 atom stereocenters. The molecule has 0 saturated carbocycles. The van der Waals surface area contributed by atoms with Crippen molar-refractivity contribution in [1.29, 1.82) is 0 Å². The largest absolute Gasteiger partial charge is 0.507 e. The van der Waals surface area contributed by atoms with Gasteiger partial charge in [-0.25, -0.2) is 8.42 Å². The topological polar surface area (TPSA) is 104 Å². The highest BCUT2D eigenvalue weighted by Gasteiger charge is 2.41. The number of hydrogen-bond donors (Lipinski definition) is 3. The van der Waals surface area contributed by atoms with E-state index >= 15 is 0 Å². The van der Waals surface area contributed by atoms with Crippen molar-refractivity contribution >= 4 is 32.3 Å². The van der Waals surface area contributed by atoms with Crippen molar-refractivity contribution < 1.29 is 28.5 Å². The summed E-state index contributed by atoms with van der Waals surface area (Å²) in [5.41, 5.74) is 3.69. The zero-order valence-corrected chi connectivity index (χ0v) is 22.8. The third kappa shape index (κ3) is 5.97. The Balaban J connectivity index is 1.45. The van der Waals surface area contributed by atoms with Crippen LogP contribution >= 0.6 is 0 Å². The van der Waals surface area contributed by atoms with Crippen LogP contribution in [0.2, 0.25) is 0 Å². The first kappa shape index (κ1) is 27.6. The van der Waals surface area contributed by atoms with E-state index in [2.05, 4.69) is 0 Å². The molecule has 40 heavy (non-hydrogen) atoms. The molecule has 0 bridgehead atoms. The molecule has 1 aliphatic rings. The molecule has 4 aromatic carbocycles. The van der Waals surface area contributed by atoms with Crippen molar-refractivity contribution in [2.45, 2.75) is 24.2 Å². The van der Waals surface area contributed by atoms with Crippen molar-refractivity contribution in [1.82, 2.24) is 0 Å². The van der Waals surface area contributed by atoms with Crippen molar-refractivity contribution in [2.75, 3.05) is 19.0 Å². The predicted octanol–water partition coefficient (Wildman–Crippen LogP) is 5.39. The van der Waals surface area contributed by atoms with Gasteiger partial charge in [-0.05, 0) is 64.3 Å². The van der Waals surface area contributed by atoms with Gasteiger partial charge in [-0.2, -0.15) is 0 Å². The molecule has 0 fully saturated rings. The Morgan fingerprint density at radius 1 is 0.900 bits per heavy atom. The lowest BCUT2D eigenvalue weighted by molar-refractivity contribution is 0.188. The van der Waals surface area contributed by atoms with Crippen molar-refractivity contribution in [3.8, 4) is 11.5 Å². The van der Waals surface area contributed by atoms with Gasteiger partial charge >= 0.3 is 0 Å². The van der Waals surface area contributed by atoms with Gasteiger partial charge in [-0.3, -0.25) is 0 Å². The summed E-state index contributed by atoms with van der Waals surface area (Å²) in [4.78, 5) is 0. The molecular formula is C33H32O6S.